The Bertz CT molecular complexity index is 274. The molecule has 3 heteroatoms. The molecule has 2 aliphatic carbocycles. The molecule has 110 valence electrons. The van der Waals surface area contributed by atoms with Gasteiger partial charge in [0.15, 0.2) is 0 Å². The molecule has 0 heterocycles. The lowest BCUT2D eigenvalue weighted by molar-refractivity contribution is -0.140. The number of hydrogen-bond acceptors (Lipinski definition) is 3. The third-order valence-corrected chi connectivity index (χ3v) is 5.04. The standard InChI is InChI=1S/C16H29NO2/c1-19-16(18)11-12-17-15-10-6-5-9-14(15)13-7-3-2-4-8-13/h13-15,17H,2-12H2,1H3. The number of esters is 1. The van der Waals surface area contributed by atoms with Gasteiger partial charge in [-0.25, -0.2) is 0 Å². The molecule has 0 aliphatic heterocycles. The molecule has 19 heavy (non-hydrogen) atoms. The van der Waals surface area contributed by atoms with Crippen molar-refractivity contribution < 1.29 is 9.53 Å². The van der Waals surface area contributed by atoms with Crippen molar-refractivity contribution in [2.75, 3.05) is 13.7 Å². The van der Waals surface area contributed by atoms with Crippen LogP contribution in [-0.4, -0.2) is 25.7 Å². The Morgan fingerprint density at radius 3 is 2.47 bits per heavy atom. The first kappa shape index (κ1) is 14.8. The summed E-state index contributed by atoms with van der Waals surface area (Å²) in [7, 11) is 1.47. The van der Waals surface area contributed by atoms with Crippen molar-refractivity contribution in [2.24, 2.45) is 11.8 Å². The molecule has 0 saturated heterocycles. The van der Waals surface area contributed by atoms with Gasteiger partial charge in [-0.3, -0.25) is 4.79 Å². The first-order chi connectivity index (χ1) is 9.31. The van der Waals surface area contributed by atoms with Crippen LogP contribution in [0.2, 0.25) is 0 Å². The number of rotatable bonds is 5. The fraction of sp³-hybridized carbons (Fsp3) is 0.938. The summed E-state index contributed by atoms with van der Waals surface area (Å²) in [5.74, 6) is 1.69. The lowest BCUT2D eigenvalue weighted by atomic mass is 9.71. The molecule has 0 aromatic heterocycles. The Kier molecular flexibility index (Phi) is 6.15. The molecule has 2 saturated carbocycles. The molecule has 2 rings (SSSR count). The summed E-state index contributed by atoms with van der Waals surface area (Å²) in [5.41, 5.74) is 0. The van der Waals surface area contributed by atoms with E-state index in [-0.39, 0.29) is 5.97 Å². The number of ether oxygens (including phenoxy) is 1. The Morgan fingerprint density at radius 2 is 1.74 bits per heavy atom. The second kappa shape index (κ2) is 7.88. The van der Waals surface area contributed by atoms with Gasteiger partial charge in [-0.2, -0.15) is 0 Å². The number of hydrogen-bond donors (Lipinski definition) is 1. The maximum Gasteiger partial charge on any atom is 0.306 e. The summed E-state index contributed by atoms with van der Waals surface area (Å²) < 4.78 is 4.70. The molecule has 1 N–H and O–H groups in total. The smallest absolute Gasteiger partial charge is 0.306 e. The largest absolute Gasteiger partial charge is 0.469 e. The van der Waals surface area contributed by atoms with Gasteiger partial charge in [0.05, 0.1) is 13.5 Å². The maximum atomic E-state index is 11.2. The van der Waals surface area contributed by atoms with E-state index in [0.717, 1.165) is 18.4 Å². The van der Waals surface area contributed by atoms with E-state index in [1.54, 1.807) is 0 Å². The zero-order chi connectivity index (χ0) is 13.5. The van der Waals surface area contributed by atoms with Crippen molar-refractivity contribution in [2.45, 2.75) is 70.3 Å². The monoisotopic (exact) mass is 267 g/mol. The van der Waals surface area contributed by atoms with Crippen LogP contribution < -0.4 is 5.32 Å². The van der Waals surface area contributed by atoms with Gasteiger partial charge in [-0.05, 0) is 24.7 Å². The van der Waals surface area contributed by atoms with Crippen LogP contribution in [0.25, 0.3) is 0 Å². The Labute approximate surface area is 117 Å². The van der Waals surface area contributed by atoms with E-state index in [9.17, 15) is 4.79 Å². The maximum absolute atomic E-state index is 11.2. The zero-order valence-corrected chi connectivity index (χ0v) is 12.3. The minimum absolute atomic E-state index is 0.0995. The van der Waals surface area contributed by atoms with Gasteiger partial charge in [-0.1, -0.05) is 44.9 Å². The van der Waals surface area contributed by atoms with E-state index >= 15 is 0 Å². The fourth-order valence-corrected chi connectivity index (χ4v) is 4.00. The van der Waals surface area contributed by atoms with Crippen molar-refractivity contribution in [1.29, 1.82) is 0 Å². The third kappa shape index (κ3) is 4.48. The van der Waals surface area contributed by atoms with Crippen LogP contribution in [0, 0.1) is 11.8 Å². The van der Waals surface area contributed by atoms with Crippen molar-refractivity contribution in [3.8, 4) is 0 Å². The number of carbonyl (C=O) groups excluding carboxylic acids is 1. The van der Waals surface area contributed by atoms with Crippen LogP contribution in [-0.2, 0) is 9.53 Å². The van der Waals surface area contributed by atoms with Gasteiger partial charge < -0.3 is 10.1 Å². The fourth-order valence-electron chi connectivity index (χ4n) is 4.00. The van der Waals surface area contributed by atoms with Crippen molar-refractivity contribution in [1.82, 2.24) is 5.32 Å². The van der Waals surface area contributed by atoms with E-state index in [2.05, 4.69) is 5.32 Å². The predicted molar refractivity (Wildman–Crippen MR) is 77.0 cm³/mol. The van der Waals surface area contributed by atoms with E-state index in [4.69, 9.17) is 4.74 Å². The molecule has 0 aromatic rings. The average molecular weight is 267 g/mol. The number of nitrogens with one attached hydrogen (secondary N) is 1. The minimum atomic E-state index is -0.0995. The molecule has 2 aliphatic rings. The van der Waals surface area contributed by atoms with E-state index in [1.165, 1.54) is 64.9 Å². The van der Waals surface area contributed by atoms with Gasteiger partial charge >= 0.3 is 5.97 Å². The van der Waals surface area contributed by atoms with Gasteiger partial charge in [-0.15, -0.1) is 0 Å². The van der Waals surface area contributed by atoms with Crippen LogP contribution in [0.4, 0.5) is 0 Å². The molecule has 2 unspecified atom stereocenters. The molecule has 2 fully saturated rings. The second-order valence-corrected chi connectivity index (χ2v) is 6.23. The first-order valence-electron chi connectivity index (χ1n) is 8.11. The van der Waals surface area contributed by atoms with Crippen molar-refractivity contribution >= 4 is 5.97 Å². The summed E-state index contributed by atoms with van der Waals surface area (Å²) >= 11 is 0. The topological polar surface area (TPSA) is 38.3 Å². The van der Waals surface area contributed by atoms with Crippen LogP contribution >= 0.6 is 0 Å². The molecule has 3 nitrogen and oxygen atoms in total. The van der Waals surface area contributed by atoms with Crippen molar-refractivity contribution in [3.05, 3.63) is 0 Å². The Hall–Kier alpha value is -0.570. The average Bonchev–Trinajstić information content (AvgIpc) is 2.48. The summed E-state index contributed by atoms with van der Waals surface area (Å²) in [5, 5.41) is 3.63. The lowest BCUT2D eigenvalue weighted by Crippen LogP contribution is -2.43. The highest BCUT2D eigenvalue weighted by atomic mass is 16.5. The summed E-state index contributed by atoms with van der Waals surface area (Å²) in [6.07, 6.45) is 13.1. The molecule has 0 radical (unpaired) electrons. The highest BCUT2D eigenvalue weighted by molar-refractivity contribution is 5.69. The quantitative estimate of drug-likeness (QED) is 0.777. The Balaban J connectivity index is 1.79. The predicted octanol–water partition coefficient (Wildman–Crippen LogP) is 3.28. The minimum Gasteiger partial charge on any atom is -0.469 e. The van der Waals surface area contributed by atoms with Gasteiger partial charge in [0.2, 0.25) is 0 Å². The molecule has 2 atom stereocenters. The number of methoxy groups -OCH3 is 1. The van der Waals surface area contributed by atoms with Gasteiger partial charge in [0.1, 0.15) is 0 Å². The molecule has 0 amide bonds. The summed E-state index contributed by atoms with van der Waals surface area (Å²) in [6.45, 7) is 0.778. The SMILES string of the molecule is COC(=O)CCNC1CCCCC1C1CCCCC1. The van der Waals surface area contributed by atoms with Gasteiger partial charge in [0.25, 0.3) is 0 Å². The van der Waals surface area contributed by atoms with E-state index in [1.807, 2.05) is 0 Å². The lowest BCUT2D eigenvalue weighted by Gasteiger charge is -2.39. The third-order valence-electron chi connectivity index (χ3n) is 5.04. The molecule has 0 spiro atoms. The van der Waals surface area contributed by atoms with Crippen LogP contribution in [0.3, 0.4) is 0 Å². The molecule has 0 bridgehead atoms. The van der Waals surface area contributed by atoms with Crippen LogP contribution in [0.5, 0.6) is 0 Å². The summed E-state index contributed by atoms with van der Waals surface area (Å²) in [4.78, 5) is 11.2. The normalized spacial score (nSPS) is 29.1. The van der Waals surface area contributed by atoms with Gasteiger partial charge in [0, 0.05) is 12.6 Å². The zero-order valence-electron chi connectivity index (χ0n) is 12.3. The highest BCUT2D eigenvalue weighted by Crippen LogP contribution is 2.38. The van der Waals surface area contributed by atoms with E-state index in [0.29, 0.717) is 12.5 Å². The molecular weight excluding hydrogens is 238 g/mol. The first-order valence-corrected chi connectivity index (χ1v) is 8.11. The Morgan fingerprint density at radius 1 is 1.05 bits per heavy atom. The molecular formula is C16H29NO2. The number of carbonyl (C=O) groups is 1. The summed E-state index contributed by atoms with van der Waals surface area (Å²) in [6, 6.07) is 0.640. The highest BCUT2D eigenvalue weighted by Gasteiger charge is 2.32. The van der Waals surface area contributed by atoms with Crippen LogP contribution in [0.1, 0.15) is 64.2 Å². The van der Waals surface area contributed by atoms with E-state index < -0.39 is 0 Å². The van der Waals surface area contributed by atoms with Crippen molar-refractivity contribution in [3.63, 3.8) is 0 Å². The molecule has 0 aromatic carbocycles. The second-order valence-electron chi connectivity index (χ2n) is 6.23. The van der Waals surface area contributed by atoms with Crippen LogP contribution in [0.15, 0.2) is 0 Å².